The average Bonchev–Trinajstić information content (AvgIpc) is 3.17. The van der Waals surface area contributed by atoms with E-state index in [1.165, 1.54) is 7.05 Å². The molecule has 0 radical (unpaired) electrons. The molecule has 3 atom stereocenters. The second-order valence-electron chi connectivity index (χ2n) is 9.90. The Bertz CT molecular complexity index is 1190. The number of hydrogen-bond donors (Lipinski definition) is 1. The highest BCUT2D eigenvalue weighted by Crippen LogP contribution is 2.42. The van der Waals surface area contributed by atoms with Gasteiger partial charge in [0.05, 0.1) is 6.10 Å². The number of piperidine rings is 1. The van der Waals surface area contributed by atoms with Crippen molar-refractivity contribution in [1.82, 2.24) is 14.7 Å². The first-order chi connectivity index (χ1) is 16.8. The van der Waals surface area contributed by atoms with E-state index >= 15 is 0 Å². The van der Waals surface area contributed by atoms with Crippen molar-refractivity contribution in [3.05, 3.63) is 51.8 Å². The minimum absolute atomic E-state index is 0.0213. The van der Waals surface area contributed by atoms with Gasteiger partial charge in [-0.15, -0.1) is 0 Å². The van der Waals surface area contributed by atoms with Crippen LogP contribution in [-0.2, 0) is 34.6 Å². The molecule has 11 heteroatoms. The van der Waals surface area contributed by atoms with Gasteiger partial charge >= 0.3 is 6.18 Å². The van der Waals surface area contributed by atoms with Crippen LogP contribution in [0.2, 0.25) is 5.02 Å². The Morgan fingerprint density at radius 1 is 1.33 bits per heavy atom. The van der Waals surface area contributed by atoms with Gasteiger partial charge in [-0.3, -0.25) is 24.6 Å². The third-order valence-electron chi connectivity index (χ3n) is 7.02. The number of aromatic nitrogens is 2. The molecule has 2 aliphatic rings. The van der Waals surface area contributed by atoms with Crippen molar-refractivity contribution in [1.29, 1.82) is 5.41 Å². The van der Waals surface area contributed by atoms with E-state index in [9.17, 15) is 22.8 Å². The lowest BCUT2D eigenvalue weighted by Crippen LogP contribution is -2.54. The third kappa shape index (κ3) is 5.06. The number of nitrogens with zero attached hydrogens (tertiary/aromatic N) is 3. The molecule has 0 aliphatic carbocycles. The summed E-state index contributed by atoms with van der Waals surface area (Å²) in [5, 5.41) is 12.4. The lowest BCUT2D eigenvalue weighted by Gasteiger charge is -2.44. The monoisotopic (exact) mass is 524 g/mol. The molecular formula is C25H28ClF3N4O3. The summed E-state index contributed by atoms with van der Waals surface area (Å²) in [6, 6.07) is 5.78. The van der Waals surface area contributed by atoms with Crippen LogP contribution in [0.25, 0.3) is 0 Å². The van der Waals surface area contributed by atoms with Crippen LogP contribution in [0.5, 0.6) is 0 Å². The molecule has 7 nitrogen and oxygen atoms in total. The van der Waals surface area contributed by atoms with Crippen molar-refractivity contribution in [2.45, 2.75) is 69.7 Å². The number of ether oxygens (including phenoxy) is 1. The van der Waals surface area contributed by atoms with Crippen LogP contribution < -0.4 is 0 Å². The maximum atomic E-state index is 13.2. The minimum Gasteiger partial charge on any atom is -0.378 e. The number of amidine groups is 1. The Kier molecular flexibility index (Phi) is 7.04. The van der Waals surface area contributed by atoms with E-state index < -0.39 is 23.1 Å². The topological polar surface area (TPSA) is 88.3 Å². The van der Waals surface area contributed by atoms with Crippen LogP contribution in [0.3, 0.4) is 0 Å². The van der Waals surface area contributed by atoms with E-state index in [0.29, 0.717) is 30.6 Å². The number of aryl methyl sites for hydroxylation is 1. The van der Waals surface area contributed by atoms with Gasteiger partial charge in [-0.05, 0) is 37.0 Å². The fourth-order valence-electron chi connectivity index (χ4n) is 5.22. The Balaban J connectivity index is 1.56. The molecule has 1 aromatic carbocycles. The molecule has 1 amide bonds. The average molecular weight is 525 g/mol. The van der Waals surface area contributed by atoms with Crippen molar-refractivity contribution in [3.63, 3.8) is 0 Å². The molecule has 0 bridgehead atoms. The smallest absolute Gasteiger partial charge is 0.378 e. The van der Waals surface area contributed by atoms with Crippen LogP contribution in [0, 0.1) is 5.41 Å². The Hall–Kier alpha value is -2.72. The number of ketones is 1. The van der Waals surface area contributed by atoms with Crippen molar-refractivity contribution >= 4 is 29.1 Å². The highest BCUT2D eigenvalue weighted by atomic mass is 35.5. The fourth-order valence-corrected chi connectivity index (χ4v) is 5.64. The van der Waals surface area contributed by atoms with E-state index in [-0.39, 0.29) is 53.9 Å². The number of amides is 1. The van der Waals surface area contributed by atoms with Crippen molar-refractivity contribution in [2.24, 2.45) is 7.05 Å². The lowest BCUT2D eigenvalue weighted by atomic mass is 9.72. The maximum Gasteiger partial charge on any atom is 0.435 e. The number of hydrogen-bond acceptors (Lipinski definition) is 5. The molecular weight excluding hydrogens is 497 g/mol. The summed E-state index contributed by atoms with van der Waals surface area (Å²) >= 11 is 6.71. The quantitative estimate of drug-likeness (QED) is 0.561. The predicted octanol–water partition coefficient (Wildman–Crippen LogP) is 4.94. The second-order valence-corrected chi connectivity index (χ2v) is 10.3. The summed E-state index contributed by atoms with van der Waals surface area (Å²) < 4.78 is 45.5. The van der Waals surface area contributed by atoms with Gasteiger partial charge in [0.1, 0.15) is 11.5 Å². The van der Waals surface area contributed by atoms with Gasteiger partial charge in [0, 0.05) is 49.4 Å². The molecule has 2 fully saturated rings. The number of alkyl halides is 3. The van der Waals surface area contributed by atoms with Crippen molar-refractivity contribution in [2.75, 3.05) is 6.61 Å². The summed E-state index contributed by atoms with van der Waals surface area (Å²) in [6.07, 6.45) is -3.07. The van der Waals surface area contributed by atoms with Crippen molar-refractivity contribution in [3.8, 4) is 0 Å². The number of nitrogens with one attached hydrogen (secondary N) is 1. The summed E-state index contributed by atoms with van der Waals surface area (Å²) in [5.41, 5.74) is -0.995. The van der Waals surface area contributed by atoms with E-state index in [2.05, 4.69) is 5.10 Å². The van der Waals surface area contributed by atoms with Crippen LogP contribution in [0.4, 0.5) is 13.2 Å². The molecule has 4 rings (SSSR count). The van der Waals surface area contributed by atoms with E-state index in [0.717, 1.165) is 10.7 Å². The maximum absolute atomic E-state index is 13.2. The largest absolute Gasteiger partial charge is 0.435 e. The fraction of sp³-hybridized carbons (Fsp3) is 0.520. The molecule has 0 saturated carbocycles. The number of rotatable bonds is 5. The van der Waals surface area contributed by atoms with Gasteiger partial charge in [0.15, 0.2) is 11.5 Å². The minimum atomic E-state index is -4.66. The van der Waals surface area contributed by atoms with E-state index in [4.69, 9.17) is 21.7 Å². The molecule has 194 valence electrons. The number of carbonyl (C=O) groups excluding carboxylic acids is 2. The first-order valence-electron chi connectivity index (χ1n) is 11.7. The van der Waals surface area contributed by atoms with Gasteiger partial charge in [-0.25, -0.2) is 0 Å². The molecule has 2 aromatic rings. The summed E-state index contributed by atoms with van der Waals surface area (Å²) in [7, 11) is 1.28. The molecule has 0 unspecified atom stereocenters. The van der Waals surface area contributed by atoms with Crippen LogP contribution in [0.15, 0.2) is 24.3 Å². The molecule has 1 aromatic heterocycles. The summed E-state index contributed by atoms with van der Waals surface area (Å²) in [6.45, 7) is 4.37. The van der Waals surface area contributed by atoms with Gasteiger partial charge in [-0.2, -0.15) is 18.3 Å². The highest BCUT2D eigenvalue weighted by Gasteiger charge is 2.44. The molecule has 0 spiro atoms. The van der Waals surface area contributed by atoms with Gasteiger partial charge < -0.3 is 4.74 Å². The molecule has 36 heavy (non-hydrogen) atoms. The third-order valence-corrected chi connectivity index (χ3v) is 7.46. The number of likely N-dealkylation sites (tertiary alicyclic amines) is 1. The molecule has 1 N–H and O–H groups in total. The first kappa shape index (κ1) is 26.3. The van der Waals surface area contributed by atoms with E-state index in [1.54, 1.807) is 23.1 Å². The van der Waals surface area contributed by atoms with Crippen LogP contribution in [-0.4, -0.2) is 51.0 Å². The number of carbonyl (C=O) groups is 2. The van der Waals surface area contributed by atoms with Gasteiger partial charge in [0.25, 0.3) is 0 Å². The normalized spacial score (nSPS) is 25.4. The van der Waals surface area contributed by atoms with E-state index in [1.807, 2.05) is 13.8 Å². The van der Waals surface area contributed by atoms with Crippen molar-refractivity contribution < 1.29 is 27.5 Å². The van der Waals surface area contributed by atoms with Crippen LogP contribution in [0.1, 0.15) is 66.8 Å². The summed E-state index contributed by atoms with van der Waals surface area (Å²) in [5.74, 6) is -0.489. The Labute approximate surface area is 212 Å². The van der Waals surface area contributed by atoms with Gasteiger partial charge in [-0.1, -0.05) is 36.7 Å². The van der Waals surface area contributed by atoms with Crippen LogP contribution >= 0.6 is 11.6 Å². The Morgan fingerprint density at radius 2 is 2.06 bits per heavy atom. The first-order valence-corrected chi connectivity index (χ1v) is 12.1. The zero-order valence-electron chi connectivity index (χ0n) is 20.3. The molecule has 2 saturated heterocycles. The molecule has 3 heterocycles. The SMILES string of the molecule is C[C@@H]1C[C@H](N2C(=N)C[C@](C)(c3cccc(CC(=O)c4cc(C(F)(F)F)nn4C)c3Cl)CC2=O)CCO1. The lowest BCUT2D eigenvalue weighted by molar-refractivity contribution is -0.141. The highest BCUT2D eigenvalue weighted by molar-refractivity contribution is 6.32. The molecule has 2 aliphatic heterocycles. The second kappa shape index (κ2) is 9.63. The standard InChI is InChI=1S/C25H28ClF3N4O3/c1-14-9-16(7-8-36-14)33-21(30)12-24(2,13-22(33)35)17-6-4-5-15(23(17)26)10-19(34)18-11-20(25(27,28)29)31-32(18)3/h4-6,11,14,16,30H,7-10,12-13H2,1-3H3/t14-,16-,24+/m1/s1. The number of halogens is 4. The number of benzene rings is 1. The predicted molar refractivity (Wildman–Crippen MR) is 127 cm³/mol. The van der Waals surface area contributed by atoms with Gasteiger partial charge in [0.2, 0.25) is 5.91 Å². The Morgan fingerprint density at radius 3 is 2.67 bits per heavy atom. The zero-order chi connectivity index (χ0) is 26.4. The summed E-state index contributed by atoms with van der Waals surface area (Å²) in [4.78, 5) is 27.7. The zero-order valence-corrected chi connectivity index (χ0v) is 21.0. The number of Topliss-reactive ketones (excluding diaryl/α,β-unsaturated/α-hetero) is 1.